The zero-order valence-electron chi connectivity index (χ0n) is 14.0. The minimum atomic E-state index is 0. The van der Waals surface area contributed by atoms with Crippen LogP contribution in [-0.4, -0.2) is 40.2 Å². The maximum Gasteiger partial charge on any atom is 0.191 e. The fourth-order valence-electron chi connectivity index (χ4n) is 2.84. The van der Waals surface area contributed by atoms with Crippen LogP contribution >= 0.6 is 24.2 Å². The first-order valence-corrected chi connectivity index (χ1v) is 9.17. The minimum absolute atomic E-state index is 0. The number of rotatable bonds is 7. The van der Waals surface area contributed by atoms with Crippen LogP contribution in [0.3, 0.4) is 0 Å². The van der Waals surface area contributed by atoms with Crippen LogP contribution in [0.1, 0.15) is 30.1 Å². The van der Waals surface area contributed by atoms with E-state index in [2.05, 4.69) is 39.3 Å². The summed E-state index contributed by atoms with van der Waals surface area (Å²) in [5, 5.41) is 13.1. The Hall–Kier alpha value is -1.08. The van der Waals surface area contributed by atoms with Crippen LogP contribution < -0.4 is 5.32 Å². The molecule has 0 atom stereocenters. The normalized spacial score (nSPS) is 15.2. The Kier molecular flexibility index (Phi) is 8.05. The molecule has 132 valence electrons. The van der Waals surface area contributed by atoms with Crippen LogP contribution in [0.2, 0.25) is 0 Å². The third-order valence-corrected chi connectivity index (χ3v) is 5.13. The number of nitrogens with one attached hydrogen (secondary N) is 1. The number of piperidine rings is 1. The molecule has 1 aromatic carbocycles. The van der Waals surface area contributed by atoms with Crippen LogP contribution in [0.15, 0.2) is 35.5 Å². The van der Waals surface area contributed by atoms with Gasteiger partial charge in [-0.3, -0.25) is 0 Å². The van der Waals surface area contributed by atoms with Gasteiger partial charge in [0.1, 0.15) is 5.82 Å². The maximum absolute atomic E-state index is 5.72. The van der Waals surface area contributed by atoms with Crippen molar-refractivity contribution in [2.24, 2.45) is 7.05 Å². The number of ether oxygens (including phenoxy) is 1. The van der Waals surface area contributed by atoms with Crippen molar-refractivity contribution in [3.05, 3.63) is 41.7 Å². The summed E-state index contributed by atoms with van der Waals surface area (Å²) in [4.78, 5) is 0. The maximum atomic E-state index is 5.72. The molecule has 0 unspecified atom stereocenters. The molecule has 24 heavy (non-hydrogen) atoms. The lowest BCUT2D eigenvalue weighted by Crippen LogP contribution is -2.27. The first-order valence-electron chi connectivity index (χ1n) is 8.19. The van der Waals surface area contributed by atoms with E-state index in [1.54, 1.807) is 11.8 Å². The molecule has 2 aromatic rings. The van der Waals surface area contributed by atoms with Gasteiger partial charge < -0.3 is 14.6 Å². The van der Waals surface area contributed by atoms with E-state index in [-0.39, 0.29) is 12.4 Å². The molecule has 0 bridgehead atoms. The van der Waals surface area contributed by atoms with Crippen molar-refractivity contribution in [1.29, 1.82) is 0 Å². The van der Waals surface area contributed by atoms with Crippen molar-refractivity contribution in [3.63, 3.8) is 0 Å². The van der Waals surface area contributed by atoms with Crippen LogP contribution in [0.4, 0.5) is 0 Å². The molecule has 0 saturated carbocycles. The smallest absolute Gasteiger partial charge is 0.191 e. The first-order chi connectivity index (χ1) is 11.3. The number of nitrogens with zero attached hydrogens (tertiary/aromatic N) is 3. The molecule has 0 amide bonds. The van der Waals surface area contributed by atoms with E-state index < -0.39 is 0 Å². The van der Waals surface area contributed by atoms with E-state index in [1.807, 2.05) is 18.2 Å². The minimum Gasteiger partial charge on any atom is -0.376 e. The quantitative estimate of drug-likeness (QED) is 0.601. The van der Waals surface area contributed by atoms with E-state index in [1.165, 1.54) is 5.56 Å². The Morgan fingerprint density at radius 1 is 1.21 bits per heavy atom. The van der Waals surface area contributed by atoms with Crippen LogP contribution in [0.25, 0.3) is 0 Å². The highest BCUT2D eigenvalue weighted by Gasteiger charge is 2.21. The number of hydrogen-bond donors (Lipinski definition) is 1. The third-order valence-electron chi connectivity index (χ3n) is 4.14. The first kappa shape index (κ1) is 19.2. The Labute approximate surface area is 154 Å². The predicted octanol–water partition coefficient (Wildman–Crippen LogP) is 3.01. The molecule has 0 aliphatic carbocycles. The molecule has 1 fully saturated rings. The molecular weight excluding hydrogens is 344 g/mol. The molecule has 1 N–H and O–H groups in total. The van der Waals surface area contributed by atoms with Gasteiger partial charge in [-0.05, 0) is 31.5 Å². The molecule has 0 radical (unpaired) electrons. The lowest BCUT2D eigenvalue weighted by molar-refractivity contribution is 0.136. The van der Waals surface area contributed by atoms with Gasteiger partial charge in [0.05, 0.1) is 13.2 Å². The number of benzene rings is 1. The van der Waals surface area contributed by atoms with Gasteiger partial charge in [-0.1, -0.05) is 42.1 Å². The van der Waals surface area contributed by atoms with Crippen molar-refractivity contribution in [2.45, 2.75) is 30.5 Å². The molecule has 7 heteroatoms. The zero-order valence-corrected chi connectivity index (χ0v) is 15.6. The summed E-state index contributed by atoms with van der Waals surface area (Å²) in [6.07, 6.45) is 2.30. The second-order valence-electron chi connectivity index (χ2n) is 5.81. The van der Waals surface area contributed by atoms with E-state index in [0.717, 1.165) is 49.3 Å². The molecular formula is C17H25ClN4OS. The van der Waals surface area contributed by atoms with E-state index in [4.69, 9.17) is 4.74 Å². The SMILES string of the molecule is Cl.Cn1c(SCCOCc2ccccc2)nnc1C1CCNCC1. The van der Waals surface area contributed by atoms with Gasteiger partial charge in [-0.2, -0.15) is 0 Å². The highest BCUT2D eigenvalue weighted by molar-refractivity contribution is 7.99. The molecule has 2 heterocycles. The Morgan fingerprint density at radius 2 is 1.96 bits per heavy atom. The Morgan fingerprint density at radius 3 is 2.71 bits per heavy atom. The Balaban J connectivity index is 0.00000208. The van der Waals surface area contributed by atoms with Crippen LogP contribution in [-0.2, 0) is 18.4 Å². The van der Waals surface area contributed by atoms with E-state index in [0.29, 0.717) is 12.5 Å². The fraction of sp³-hybridized carbons (Fsp3) is 0.529. The number of halogens is 1. The molecule has 1 aliphatic heterocycles. The number of thioether (sulfide) groups is 1. The van der Waals surface area contributed by atoms with Crippen molar-refractivity contribution < 1.29 is 4.74 Å². The lowest BCUT2D eigenvalue weighted by atomic mass is 9.97. The zero-order chi connectivity index (χ0) is 15.9. The standard InChI is InChI=1S/C17H24N4OS.ClH/c1-21-16(15-7-9-18-10-8-15)19-20-17(21)23-12-11-22-13-14-5-3-2-4-6-14;/h2-6,15,18H,7-13H2,1H3;1H. The van der Waals surface area contributed by atoms with E-state index in [9.17, 15) is 0 Å². The van der Waals surface area contributed by atoms with Crippen molar-refractivity contribution in [2.75, 3.05) is 25.4 Å². The molecule has 0 spiro atoms. The summed E-state index contributed by atoms with van der Waals surface area (Å²) in [6.45, 7) is 3.54. The topological polar surface area (TPSA) is 52.0 Å². The van der Waals surface area contributed by atoms with Gasteiger partial charge in [0.15, 0.2) is 5.16 Å². The van der Waals surface area contributed by atoms with Gasteiger partial charge in [-0.25, -0.2) is 0 Å². The molecule has 1 aromatic heterocycles. The largest absolute Gasteiger partial charge is 0.376 e. The van der Waals surface area contributed by atoms with Crippen LogP contribution in [0, 0.1) is 0 Å². The van der Waals surface area contributed by atoms with Gasteiger partial charge in [-0.15, -0.1) is 22.6 Å². The Bertz CT molecular complexity index is 602. The van der Waals surface area contributed by atoms with Crippen molar-refractivity contribution >= 4 is 24.2 Å². The summed E-state index contributed by atoms with van der Waals surface area (Å²) in [7, 11) is 2.07. The van der Waals surface area contributed by atoms with Gasteiger partial charge in [0.25, 0.3) is 0 Å². The van der Waals surface area contributed by atoms with Crippen LogP contribution in [0.5, 0.6) is 0 Å². The van der Waals surface area contributed by atoms with Gasteiger partial charge in [0.2, 0.25) is 0 Å². The lowest BCUT2D eigenvalue weighted by Gasteiger charge is -2.21. The predicted molar refractivity (Wildman–Crippen MR) is 99.9 cm³/mol. The van der Waals surface area contributed by atoms with Crippen molar-refractivity contribution in [1.82, 2.24) is 20.1 Å². The molecule has 1 saturated heterocycles. The second-order valence-corrected chi connectivity index (χ2v) is 6.87. The second kappa shape index (κ2) is 10.0. The van der Waals surface area contributed by atoms with E-state index >= 15 is 0 Å². The summed E-state index contributed by atoms with van der Waals surface area (Å²) in [6, 6.07) is 10.3. The average Bonchev–Trinajstić information content (AvgIpc) is 2.97. The number of hydrogen-bond acceptors (Lipinski definition) is 5. The summed E-state index contributed by atoms with van der Waals surface area (Å²) in [5.41, 5.74) is 1.21. The fourth-order valence-corrected chi connectivity index (χ4v) is 3.61. The summed E-state index contributed by atoms with van der Waals surface area (Å²) >= 11 is 1.72. The molecule has 5 nitrogen and oxygen atoms in total. The summed E-state index contributed by atoms with van der Waals surface area (Å²) < 4.78 is 7.87. The van der Waals surface area contributed by atoms with Gasteiger partial charge in [0, 0.05) is 18.7 Å². The van der Waals surface area contributed by atoms with Gasteiger partial charge >= 0.3 is 0 Å². The monoisotopic (exact) mass is 368 g/mol. The van der Waals surface area contributed by atoms with Crippen molar-refractivity contribution in [3.8, 4) is 0 Å². The highest BCUT2D eigenvalue weighted by atomic mass is 35.5. The highest BCUT2D eigenvalue weighted by Crippen LogP contribution is 2.26. The third kappa shape index (κ3) is 5.21. The summed E-state index contributed by atoms with van der Waals surface area (Å²) in [5.74, 6) is 2.56. The average molecular weight is 369 g/mol. The molecule has 3 rings (SSSR count). The molecule has 1 aliphatic rings. The number of aromatic nitrogens is 3.